The van der Waals surface area contributed by atoms with Gasteiger partial charge in [0.2, 0.25) is 5.91 Å². The maximum atomic E-state index is 12.1. The molecule has 2 aromatic carbocycles. The Morgan fingerprint density at radius 3 is 2.38 bits per heavy atom. The number of phenolic OH excluding ortho intramolecular Hbond substituents is 1. The molecule has 5 nitrogen and oxygen atoms in total. The summed E-state index contributed by atoms with van der Waals surface area (Å²) < 4.78 is 0. The summed E-state index contributed by atoms with van der Waals surface area (Å²) in [6.45, 7) is 0.338. The van der Waals surface area contributed by atoms with E-state index < -0.39 is 6.04 Å². The zero-order valence-corrected chi connectivity index (χ0v) is 11.6. The number of phenols is 1. The van der Waals surface area contributed by atoms with Gasteiger partial charge < -0.3 is 21.9 Å². The molecule has 2 aromatic rings. The maximum absolute atomic E-state index is 12.1. The lowest BCUT2D eigenvalue weighted by Gasteiger charge is -2.15. The molecule has 0 aromatic heterocycles. The molecular formula is C16H19N3O2. The molecule has 0 aliphatic heterocycles. The van der Waals surface area contributed by atoms with Gasteiger partial charge >= 0.3 is 0 Å². The first-order valence-electron chi connectivity index (χ1n) is 6.73. The topological polar surface area (TPSA) is 101 Å². The minimum absolute atomic E-state index is 0.142. The molecule has 0 spiro atoms. The fourth-order valence-corrected chi connectivity index (χ4v) is 2.06. The Labute approximate surface area is 123 Å². The zero-order valence-electron chi connectivity index (χ0n) is 11.6. The van der Waals surface area contributed by atoms with E-state index >= 15 is 0 Å². The Kier molecular flexibility index (Phi) is 4.92. The second kappa shape index (κ2) is 6.88. The van der Waals surface area contributed by atoms with Crippen molar-refractivity contribution < 1.29 is 9.90 Å². The monoisotopic (exact) mass is 285 g/mol. The van der Waals surface area contributed by atoms with Crippen LogP contribution in [0.2, 0.25) is 0 Å². The third kappa shape index (κ3) is 3.81. The number of nitrogens with one attached hydrogen (secondary N) is 1. The number of nitrogens with two attached hydrogens (primary N) is 2. The minimum Gasteiger partial charge on any atom is -0.508 e. The molecule has 0 bridgehead atoms. The Morgan fingerprint density at radius 1 is 1.10 bits per heavy atom. The number of hydrogen-bond acceptors (Lipinski definition) is 4. The second-order valence-electron chi connectivity index (χ2n) is 4.79. The van der Waals surface area contributed by atoms with Crippen LogP contribution in [0.3, 0.4) is 0 Å². The lowest BCUT2D eigenvalue weighted by Crippen LogP contribution is -2.37. The molecule has 110 valence electrons. The fraction of sp³-hybridized carbons (Fsp3) is 0.188. The predicted octanol–water partition coefficient (Wildman–Crippen LogP) is 1.36. The highest BCUT2D eigenvalue weighted by Crippen LogP contribution is 2.18. The number of carbonyl (C=O) groups excluding carboxylic acids is 1. The van der Waals surface area contributed by atoms with Crippen LogP contribution in [0.25, 0.3) is 0 Å². The number of carbonyl (C=O) groups is 1. The van der Waals surface area contributed by atoms with Crippen LogP contribution in [0.1, 0.15) is 11.1 Å². The number of para-hydroxylation sites is 2. The summed E-state index contributed by atoms with van der Waals surface area (Å²) in [6, 6.07) is 13.4. The Balaban J connectivity index is 2.05. The molecule has 0 saturated carbocycles. The van der Waals surface area contributed by atoms with Gasteiger partial charge in [-0.05, 0) is 23.3 Å². The van der Waals surface area contributed by atoms with Crippen molar-refractivity contribution in [3.63, 3.8) is 0 Å². The summed E-state index contributed by atoms with van der Waals surface area (Å²) in [5, 5.41) is 12.5. The van der Waals surface area contributed by atoms with Gasteiger partial charge in [-0.15, -0.1) is 0 Å². The lowest BCUT2D eigenvalue weighted by molar-refractivity contribution is -0.117. The van der Waals surface area contributed by atoms with E-state index in [9.17, 15) is 9.90 Å². The minimum atomic E-state index is -0.746. The quantitative estimate of drug-likeness (QED) is 0.666. The Morgan fingerprint density at radius 2 is 1.71 bits per heavy atom. The van der Waals surface area contributed by atoms with E-state index in [1.54, 1.807) is 30.3 Å². The highest BCUT2D eigenvalue weighted by molar-refractivity contribution is 5.95. The van der Waals surface area contributed by atoms with Gasteiger partial charge in [0.05, 0.1) is 6.04 Å². The first kappa shape index (κ1) is 15.0. The van der Waals surface area contributed by atoms with Crippen molar-refractivity contribution in [2.24, 2.45) is 11.5 Å². The predicted molar refractivity (Wildman–Crippen MR) is 82.7 cm³/mol. The second-order valence-corrected chi connectivity index (χ2v) is 4.79. The molecule has 5 heteroatoms. The van der Waals surface area contributed by atoms with E-state index in [0.29, 0.717) is 17.8 Å². The Bertz CT molecular complexity index is 628. The molecule has 0 heterocycles. The fourth-order valence-electron chi connectivity index (χ4n) is 2.06. The number of aromatic hydroxyl groups is 1. The van der Waals surface area contributed by atoms with Crippen LogP contribution in [0.5, 0.6) is 5.75 Å². The molecule has 0 radical (unpaired) electrons. The Hall–Kier alpha value is -2.37. The molecule has 0 aliphatic rings. The van der Waals surface area contributed by atoms with Crippen molar-refractivity contribution in [3.05, 3.63) is 59.7 Å². The number of anilines is 1. The van der Waals surface area contributed by atoms with Crippen molar-refractivity contribution in [3.8, 4) is 5.75 Å². The van der Waals surface area contributed by atoms with Gasteiger partial charge in [-0.25, -0.2) is 0 Å². The van der Waals surface area contributed by atoms with Gasteiger partial charge in [-0.3, -0.25) is 4.79 Å². The molecule has 1 unspecified atom stereocenters. The standard InChI is InChI=1S/C16H19N3O2/c17-10-12-6-1-3-7-14(12)19-16(21)13(18)9-11-5-2-4-8-15(11)20/h1-8,13,20H,9-10,17-18H2,(H,19,21). The third-order valence-electron chi connectivity index (χ3n) is 3.26. The molecule has 0 saturated heterocycles. The zero-order chi connectivity index (χ0) is 15.2. The van der Waals surface area contributed by atoms with Gasteiger partial charge in [0.15, 0.2) is 0 Å². The molecule has 0 aliphatic carbocycles. The molecule has 1 atom stereocenters. The average Bonchev–Trinajstić information content (AvgIpc) is 2.50. The normalized spacial score (nSPS) is 11.9. The van der Waals surface area contributed by atoms with Crippen molar-refractivity contribution in [1.29, 1.82) is 0 Å². The van der Waals surface area contributed by atoms with E-state index in [-0.39, 0.29) is 18.1 Å². The number of rotatable bonds is 5. The molecule has 1 amide bonds. The molecule has 0 fully saturated rings. The highest BCUT2D eigenvalue weighted by Gasteiger charge is 2.16. The summed E-state index contributed by atoms with van der Waals surface area (Å²) in [5.74, 6) is -0.165. The van der Waals surface area contributed by atoms with Crippen LogP contribution in [0.4, 0.5) is 5.69 Å². The summed E-state index contributed by atoms with van der Waals surface area (Å²) in [6.07, 6.45) is 0.267. The summed E-state index contributed by atoms with van der Waals surface area (Å²) >= 11 is 0. The van der Waals surface area contributed by atoms with Crippen LogP contribution in [0, 0.1) is 0 Å². The number of benzene rings is 2. The van der Waals surface area contributed by atoms with Crippen molar-refractivity contribution >= 4 is 11.6 Å². The lowest BCUT2D eigenvalue weighted by atomic mass is 10.0. The van der Waals surface area contributed by atoms with Crippen molar-refractivity contribution in [2.75, 3.05) is 5.32 Å². The van der Waals surface area contributed by atoms with Crippen LogP contribution in [-0.4, -0.2) is 17.1 Å². The van der Waals surface area contributed by atoms with Crippen molar-refractivity contribution in [2.45, 2.75) is 19.0 Å². The summed E-state index contributed by atoms with van der Waals surface area (Å²) in [7, 11) is 0. The van der Waals surface area contributed by atoms with E-state index in [1.807, 2.05) is 18.2 Å². The van der Waals surface area contributed by atoms with Crippen LogP contribution in [0.15, 0.2) is 48.5 Å². The van der Waals surface area contributed by atoms with E-state index in [2.05, 4.69) is 5.32 Å². The van der Waals surface area contributed by atoms with Gasteiger partial charge in [0, 0.05) is 18.7 Å². The highest BCUT2D eigenvalue weighted by atomic mass is 16.3. The first-order valence-corrected chi connectivity index (χ1v) is 6.73. The van der Waals surface area contributed by atoms with Gasteiger partial charge in [0.25, 0.3) is 0 Å². The smallest absolute Gasteiger partial charge is 0.241 e. The third-order valence-corrected chi connectivity index (χ3v) is 3.26. The van der Waals surface area contributed by atoms with Gasteiger partial charge in [0.1, 0.15) is 5.75 Å². The van der Waals surface area contributed by atoms with Crippen LogP contribution < -0.4 is 16.8 Å². The van der Waals surface area contributed by atoms with Crippen LogP contribution >= 0.6 is 0 Å². The number of amides is 1. The molecule has 2 rings (SSSR count). The van der Waals surface area contributed by atoms with Crippen molar-refractivity contribution in [1.82, 2.24) is 0 Å². The van der Waals surface area contributed by atoms with Gasteiger partial charge in [-0.1, -0.05) is 36.4 Å². The van der Waals surface area contributed by atoms with Crippen LogP contribution in [-0.2, 0) is 17.8 Å². The molecular weight excluding hydrogens is 266 g/mol. The SMILES string of the molecule is NCc1ccccc1NC(=O)C(N)Cc1ccccc1O. The maximum Gasteiger partial charge on any atom is 0.241 e. The molecule has 21 heavy (non-hydrogen) atoms. The van der Waals surface area contributed by atoms with E-state index in [0.717, 1.165) is 5.56 Å². The summed E-state index contributed by atoms with van der Waals surface area (Å²) in [5.41, 5.74) is 13.7. The largest absolute Gasteiger partial charge is 0.508 e. The molecule has 6 N–H and O–H groups in total. The number of hydrogen-bond donors (Lipinski definition) is 4. The van der Waals surface area contributed by atoms with Gasteiger partial charge in [-0.2, -0.15) is 0 Å². The average molecular weight is 285 g/mol. The van der Waals surface area contributed by atoms with E-state index in [1.165, 1.54) is 0 Å². The first-order chi connectivity index (χ1) is 10.1. The summed E-state index contributed by atoms with van der Waals surface area (Å²) in [4.78, 5) is 12.1. The van der Waals surface area contributed by atoms with E-state index in [4.69, 9.17) is 11.5 Å².